The van der Waals surface area contributed by atoms with Gasteiger partial charge in [-0.3, -0.25) is 4.79 Å². The Bertz CT molecular complexity index is 400. The molecule has 0 saturated carbocycles. The summed E-state index contributed by atoms with van der Waals surface area (Å²) in [5, 5.41) is 8.79. The summed E-state index contributed by atoms with van der Waals surface area (Å²) in [6.45, 7) is 3.26. The van der Waals surface area contributed by atoms with E-state index < -0.39 is 0 Å². The van der Waals surface area contributed by atoms with Crippen LogP contribution >= 0.6 is 0 Å². The molecule has 1 N–H and O–H groups in total. The standard InChI is InChI=1S/C13H14O2/c1-10(9-14)8-13(11(2)15)12-6-4-3-5-7-12/h3-9,14H,1-2H3. The highest BCUT2D eigenvalue weighted by Gasteiger charge is 2.06. The van der Waals surface area contributed by atoms with E-state index >= 15 is 0 Å². The van der Waals surface area contributed by atoms with E-state index in [0.29, 0.717) is 11.1 Å². The minimum atomic E-state index is -0.0117. The molecule has 15 heavy (non-hydrogen) atoms. The molecule has 0 aromatic heterocycles. The van der Waals surface area contributed by atoms with Crippen LogP contribution in [0.25, 0.3) is 5.57 Å². The molecule has 2 nitrogen and oxygen atoms in total. The molecule has 0 bridgehead atoms. The topological polar surface area (TPSA) is 37.3 Å². The van der Waals surface area contributed by atoms with Crippen molar-refractivity contribution < 1.29 is 9.90 Å². The number of carbonyl (C=O) groups excluding carboxylic acids is 1. The first-order valence-electron chi connectivity index (χ1n) is 4.74. The van der Waals surface area contributed by atoms with Crippen molar-refractivity contribution in [2.24, 2.45) is 0 Å². The van der Waals surface area contributed by atoms with Crippen LogP contribution in [0.3, 0.4) is 0 Å². The van der Waals surface area contributed by atoms with Crippen molar-refractivity contribution in [1.82, 2.24) is 0 Å². The quantitative estimate of drug-likeness (QED) is 0.464. The Hall–Kier alpha value is -1.83. The molecule has 0 heterocycles. The number of rotatable bonds is 3. The zero-order valence-corrected chi connectivity index (χ0v) is 8.90. The second-order valence-electron chi connectivity index (χ2n) is 3.35. The van der Waals surface area contributed by atoms with Gasteiger partial charge in [-0.2, -0.15) is 0 Å². The maximum atomic E-state index is 11.4. The summed E-state index contributed by atoms with van der Waals surface area (Å²) in [4.78, 5) is 11.4. The average molecular weight is 202 g/mol. The third kappa shape index (κ3) is 3.09. The van der Waals surface area contributed by atoms with Gasteiger partial charge in [0.05, 0.1) is 6.26 Å². The predicted octanol–water partition coefficient (Wildman–Crippen LogP) is 3.12. The molecule has 0 aliphatic carbocycles. The molecule has 0 atom stereocenters. The molecule has 0 radical (unpaired) electrons. The molecule has 0 saturated heterocycles. The third-order valence-corrected chi connectivity index (χ3v) is 2.04. The molecular weight excluding hydrogens is 188 g/mol. The van der Waals surface area contributed by atoms with Gasteiger partial charge in [0.25, 0.3) is 0 Å². The molecule has 1 aromatic carbocycles. The van der Waals surface area contributed by atoms with Crippen LogP contribution in [0.15, 0.2) is 48.2 Å². The van der Waals surface area contributed by atoms with Crippen molar-refractivity contribution in [2.75, 3.05) is 0 Å². The Morgan fingerprint density at radius 1 is 1.20 bits per heavy atom. The van der Waals surface area contributed by atoms with Crippen molar-refractivity contribution in [2.45, 2.75) is 13.8 Å². The van der Waals surface area contributed by atoms with Crippen molar-refractivity contribution in [3.05, 3.63) is 53.8 Å². The van der Waals surface area contributed by atoms with Crippen LogP contribution in [0.5, 0.6) is 0 Å². The SMILES string of the molecule is CC(=O)C(=CC(C)=CO)c1ccccc1. The number of benzene rings is 1. The van der Waals surface area contributed by atoms with E-state index in [2.05, 4.69) is 0 Å². The van der Waals surface area contributed by atoms with Gasteiger partial charge in [0.1, 0.15) is 0 Å². The fraction of sp³-hybridized carbons (Fsp3) is 0.154. The minimum Gasteiger partial charge on any atom is -0.515 e. The molecule has 2 heteroatoms. The lowest BCUT2D eigenvalue weighted by Crippen LogP contribution is -1.96. The smallest absolute Gasteiger partial charge is 0.160 e. The van der Waals surface area contributed by atoms with Gasteiger partial charge in [-0.15, -0.1) is 0 Å². The Kier molecular flexibility index (Phi) is 3.86. The number of aliphatic hydroxyl groups is 1. The Morgan fingerprint density at radius 3 is 2.27 bits per heavy atom. The first kappa shape index (κ1) is 11.2. The summed E-state index contributed by atoms with van der Waals surface area (Å²) in [5.74, 6) is -0.0117. The number of ketones is 1. The van der Waals surface area contributed by atoms with Gasteiger partial charge in [0.15, 0.2) is 5.78 Å². The van der Waals surface area contributed by atoms with E-state index in [1.54, 1.807) is 13.0 Å². The predicted molar refractivity (Wildman–Crippen MR) is 61.5 cm³/mol. The molecule has 0 amide bonds. The Labute approximate surface area is 89.6 Å². The van der Waals surface area contributed by atoms with Crippen LogP contribution in [-0.4, -0.2) is 10.9 Å². The zero-order valence-electron chi connectivity index (χ0n) is 8.90. The fourth-order valence-corrected chi connectivity index (χ4v) is 1.27. The highest BCUT2D eigenvalue weighted by atomic mass is 16.2. The van der Waals surface area contributed by atoms with Crippen LogP contribution in [-0.2, 0) is 4.79 Å². The first-order valence-corrected chi connectivity index (χ1v) is 4.74. The highest BCUT2D eigenvalue weighted by molar-refractivity contribution is 6.19. The molecule has 0 aliphatic rings. The van der Waals surface area contributed by atoms with E-state index in [-0.39, 0.29) is 5.78 Å². The van der Waals surface area contributed by atoms with Crippen molar-refractivity contribution in [1.29, 1.82) is 0 Å². The van der Waals surface area contributed by atoms with E-state index in [4.69, 9.17) is 5.11 Å². The molecule has 0 spiro atoms. The fourth-order valence-electron chi connectivity index (χ4n) is 1.27. The number of hydrogen-bond donors (Lipinski definition) is 1. The average Bonchev–Trinajstić information content (AvgIpc) is 2.26. The Balaban J connectivity index is 3.16. The van der Waals surface area contributed by atoms with Crippen LogP contribution in [0, 0.1) is 0 Å². The Morgan fingerprint density at radius 2 is 1.80 bits per heavy atom. The summed E-state index contributed by atoms with van der Waals surface area (Å²) in [5.41, 5.74) is 2.13. The van der Waals surface area contributed by atoms with E-state index in [9.17, 15) is 4.79 Å². The van der Waals surface area contributed by atoms with E-state index in [0.717, 1.165) is 11.8 Å². The van der Waals surface area contributed by atoms with E-state index in [1.165, 1.54) is 6.92 Å². The highest BCUT2D eigenvalue weighted by Crippen LogP contribution is 2.17. The van der Waals surface area contributed by atoms with Crippen molar-refractivity contribution in [3.63, 3.8) is 0 Å². The van der Waals surface area contributed by atoms with Gasteiger partial charge >= 0.3 is 0 Å². The van der Waals surface area contributed by atoms with Gasteiger partial charge < -0.3 is 5.11 Å². The van der Waals surface area contributed by atoms with Gasteiger partial charge in [-0.25, -0.2) is 0 Å². The number of allylic oxidation sites excluding steroid dienone is 3. The first-order chi connectivity index (χ1) is 7.15. The third-order valence-electron chi connectivity index (χ3n) is 2.04. The normalized spacial score (nSPS) is 12.7. The lowest BCUT2D eigenvalue weighted by molar-refractivity contribution is -0.111. The summed E-state index contributed by atoms with van der Waals surface area (Å²) in [6.07, 6.45) is 2.67. The second kappa shape index (κ2) is 5.15. The molecule has 78 valence electrons. The zero-order chi connectivity index (χ0) is 11.3. The van der Waals surface area contributed by atoms with Gasteiger partial charge in [0, 0.05) is 5.57 Å². The summed E-state index contributed by atoms with van der Waals surface area (Å²) in [7, 11) is 0. The summed E-state index contributed by atoms with van der Waals surface area (Å²) >= 11 is 0. The molecule has 1 aromatic rings. The number of carbonyl (C=O) groups is 1. The molecule has 0 unspecified atom stereocenters. The maximum absolute atomic E-state index is 11.4. The molecule has 1 rings (SSSR count). The lowest BCUT2D eigenvalue weighted by Gasteiger charge is -2.03. The van der Waals surface area contributed by atoms with Crippen LogP contribution in [0.4, 0.5) is 0 Å². The van der Waals surface area contributed by atoms with E-state index in [1.807, 2.05) is 30.3 Å². The molecular formula is C13H14O2. The van der Waals surface area contributed by atoms with Crippen LogP contribution in [0.1, 0.15) is 19.4 Å². The number of aliphatic hydroxyl groups excluding tert-OH is 1. The van der Waals surface area contributed by atoms with Crippen molar-refractivity contribution >= 4 is 11.4 Å². The molecule has 0 aliphatic heterocycles. The van der Waals surface area contributed by atoms with Gasteiger partial charge in [-0.05, 0) is 31.1 Å². The van der Waals surface area contributed by atoms with Crippen LogP contribution < -0.4 is 0 Å². The summed E-state index contributed by atoms with van der Waals surface area (Å²) < 4.78 is 0. The largest absolute Gasteiger partial charge is 0.515 e. The number of Topliss-reactive ketones (excluding diaryl/α,β-unsaturated/α-hetero) is 1. The maximum Gasteiger partial charge on any atom is 0.160 e. The van der Waals surface area contributed by atoms with Crippen molar-refractivity contribution in [3.8, 4) is 0 Å². The van der Waals surface area contributed by atoms with Gasteiger partial charge in [0.2, 0.25) is 0 Å². The molecule has 0 fully saturated rings. The monoisotopic (exact) mass is 202 g/mol. The number of hydrogen-bond acceptors (Lipinski definition) is 2. The minimum absolute atomic E-state index is 0.0117. The lowest BCUT2D eigenvalue weighted by atomic mass is 10.0. The van der Waals surface area contributed by atoms with Crippen LogP contribution in [0.2, 0.25) is 0 Å². The second-order valence-corrected chi connectivity index (χ2v) is 3.35. The summed E-state index contributed by atoms with van der Waals surface area (Å²) in [6, 6.07) is 9.40. The van der Waals surface area contributed by atoms with Gasteiger partial charge in [-0.1, -0.05) is 30.3 Å².